The average molecular weight is 422 g/mol. The van der Waals surface area contributed by atoms with E-state index in [0.717, 1.165) is 5.56 Å². The molecule has 3 aromatic rings. The summed E-state index contributed by atoms with van der Waals surface area (Å²) in [5, 5.41) is 16.2. The fourth-order valence-corrected chi connectivity index (χ4v) is 4.23. The highest BCUT2D eigenvalue weighted by Gasteiger charge is 2.41. The van der Waals surface area contributed by atoms with Crippen molar-refractivity contribution in [2.75, 3.05) is 11.9 Å². The van der Waals surface area contributed by atoms with Crippen molar-refractivity contribution in [3.05, 3.63) is 98.4 Å². The second kappa shape index (κ2) is 7.68. The highest BCUT2D eigenvalue weighted by atomic mass is 35.5. The minimum Gasteiger partial charge on any atom is -0.375 e. The van der Waals surface area contributed by atoms with Crippen molar-refractivity contribution < 1.29 is 8.78 Å². The van der Waals surface area contributed by atoms with Crippen molar-refractivity contribution in [3.63, 3.8) is 0 Å². The van der Waals surface area contributed by atoms with Gasteiger partial charge in [-0.15, -0.1) is 0 Å². The number of anilines is 1. The Kier molecular flexibility index (Phi) is 5.04. The van der Waals surface area contributed by atoms with Crippen molar-refractivity contribution in [2.24, 2.45) is 5.11 Å². The zero-order valence-electron chi connectivity index (χ0n) is 15.5. The summed E-state index contributed by atoms with van der Waals surface area (Å²) in [6.45, 7) is 0.0449. The van der Waals surface area contributed by atoms with E-state index in [9.17, 15) is 14.0 Å². The minimum atomic E-state index is -0.861. The van der Waals surface area contributed by atoms with Gasteiger partial charge < -0.3 is 5.32 Å². The van der Waals surface area contributed by atoms with Crippen LogP contribution in [0.4, 0.5) is 14.5 Å². The number of hydrogen-bond acceptors (Lipinski definition) is 3. The van der Waals surface area contributed by atoms with Crippen LogP contribution in [0.15, 0.2) is 59.7 Å². The first-order chi connectivity index (χ1) is 14.5. The maximum absolute atomic E-state index is 14.8. The molecule has 1 aliphatic rings. The van der Waals surface area contributed by atoms with Crippen LogP contribution in [-0.4, -0.2) is 6.54 Å². The lowest BCUT2D eigenvalue weighted by Gasteiger charge is -2.29. The molecule has 148 valence electrons. The lowest BCUT2D eigenvalue weighted by atomic mass is 9.84. The van der Waals surface area contributed by atoms with Crippen molar-refractivity contribution in [3.8, 4) is 17.2 Å². The van der Waals surface area contributed by atoms with Gasteiger partial charge in [0.05, 0.1) is 28.7 Å². The number of fused-ring (bicyclic) bond motifs is 1. The molecule has 8 heteroatoms. The van der Waals surface area contributed by atoms with E-state index in [1.165, 1.54) is 24.3 Å². The molecule has 0 saturated heterocycles. The number of azide groups is 1. The van der Waals surface area contributed by atoms with Gasteiger partial charge in [0, 0.05) is 28.1 Å². The highest BCUT2D eigenvalue weighted by molar-refractivity contribution is 6.34. The van der Waals surface area contributed by atoms with Crippen LogP contribution in [0.25, 0.3) is 21.6 Å². The molecule has 0 saturated carbocycles. The third-order valence-electron chi connectivity index (χ3n) is 5.29. The fraction of sp³-hybridized carbons (Fsp3) is 0.136. The number of rotatable bonds is 4. The Hall–Kier alpha value is -3.59. The third kappa shape index (κ3) is 3.13. The maximum atomic E-state index is 14.8. The standard InChI is InChI=1S/C22H14ClF2N5/c23-21-17(25)9-18-15(20(21)19-13(11-26)5-4-8-16(19)24)10-22(29-18,12-28-30-27)14-6-2-1-3-7-14/h1-9,29H,10,12H2/t22-/m1/s1. The molecule has 30 heavy (non-hydrogen) atoms. The molecule has 1 heterocycles. The second-order valence-corrected chi connectivity index (χ2v) is 7.36. The van der Waals surface area contributed by atoms with Gasteiger partial charge in [-0.1, -0.05) is 53.1 Å². The van der Waals surface area contributed by atoms with Crippen LogP contribution in [0.2, 0.25) is 5.02 Å². The van der Waals surface area contributed by atoms with Crippen LogP contribution in [-0.2, 0) is 12.0 Å². The van der Waals surface area contributed by atoms with E-state index in [-0.39, 0.29) is 34.7 Å². The van der Waals surface area contributed by atoms with Gasteiger partial charge in [-0.25, -0.2) is 8.78 Å². The van der Waals surface area contributed by atoms with E-state index < -0.39 is 17.2 Å². The van der Waals surface area contributed by atoms with Gasteiger partial charge >= 0.3 is 0 Å². The largest absolute Gasteiger partial charge is 0.375 e. The van der Waals surface area contributed by atoms with Gasteiger partial charge in [0.25, 0.3) is 0 Å². The molecule has 4 rings (SSSR count). The predicted octanol–water partition coefficient (Wildman–Crippen LogP) is 6.33. The number of benzene rings is 3. The summed E-state index contributed by atoms with van der Waals surface area (Å²) >= 11 is 6.30. The van der Waals surface area contributed by atoms with Gasteiger partial charge in [0.2, 0.25) is 0 Å². The zero-order valence-corrected chi connectivity index (χ0v) is 16.3. The van der Waals surface area contributed by atoms with Crippen LogP contribution in [0.3, 0.4) is 0 Å². The lowest BCUT2D eigenvalue weighted by molar-refractivity contribution is 0.521. The molecule has 0 aromatic heterocycles. The first-order valence-corrected chi connectivity index (χ1v) is 9.43. The summed E-state index contributed by atoms with van der Waals surface area (Å²) in [6, 6.07) is 16.6. The topological polar surface area (TPSA) is 84.6 Å². The maximum Gasteiger partial charge on any atom is 0.144 e. The summed E-state index contributed by atoms with van der Waals surface area (Å²) in [6.07, 6.45) is 0.264. The lowest BCUT2D eigenvalue weighted by Crippen LogP contribution is -2.36. The summed E-state index contributed by atoms with van der Waals surface area (Å²) in [7, 11) is 0. The van der Waals surface area contributed by atoms with E-state index in [2.05, 4.69) is 15.3 Å². The van der Waals surface area contributed by atoms with Crippen LogP contribution < -0.4 is 5.32 Å². The van der Waals surface area contributed by atoms with E-state index in [4.69, 9.17) is 17.1 Å². The van der Waals surface area contributed by atoms with Crippen molar-refractivity contribution >= 4 is 17.3 Å². The first kappa shape index (κ1) is 19.7. The first-order valence-electron chi connectivity index (χ1n) is 9.05. The number of halogens is 3. The van der Waals surface area contributed by atoms with Crippen LogP contribution in [0.5, 0.6) is 0 Å². The van der Waals surface area contributed by atoms with Crippen LogP contribution in [0, 0.1) is 23.0 Å². The fourth-order valence-electron chi connectivity index (χ4n) is 3.97. The smallest absolute Gasteiger partial charge is 0.144 e. The van der Waals surface area contributed by atoms with Crippen LogP contribution >= 0.6 is 11.6 Å². The summed E-state index contributed by atoms with van der Waals surface area (Å²) in [5.74, 6) is -1.41. The van der Waals surface area contributed by atoms with Gasteiger partial charge in [-0.05, 0) is 34.9 Å². The Morgan fingerprint density at radius 3 is 2.60 bits per heavy atom. The summed E-state index contributed by atoms with van der Waals surface area (Å²) < 4.78 is 29.5. The Balaban J connectivity index is 1.98. The molecule has 1 atom stereocenters. The summed E-state index contributed by atoms with van der Waals surface area (Å²) in [4.78, 5) is 2.87. The molecule has 0 aliphatic carbocycles. The van der Waals surface area contributed by atoms with Crippen LogP contribution in [0.1, 0.15) is 16.7 Å². The van der Waals surface area contributed by atoms with E-state index in [0.29, 0.717) is 11.3 Å². The normalized spacial score (nSPS) is 16.9. The quantitative estimate of drug-likeness (QED) is 0.303. The van der Waals surface area contributed by atoms with Crippen molar-refractivity contribution in [2.45, 2.75) is 12.0 Å². The molecule has 3 aromatic carbocycles. The molecule has 1 aliphatic heterocycles. The van der Waals surface area contributed by atoms with Crippen molar-refractivity contribution in [1.82, 2.24) is 0 Å². The molecule has 5 nitrogen and oxygen atoms in total. The monoisotopic (exact) mass is 421 g/mol. The van der Waals surface area contributed by atoms with Gasteiger partial charge in [-0.2, -0.15) is 5.26 Å². The molecule has 0 unspecified atom stereocenters. The Morgan fingerprint density at radius 1 is 1.13 bits per heavy atom. The average Bonchev–Trinajstić information content (AvgIpc) is 3.13. The highest BCUT2D eigenvalue weighted by Crippen LogP contribution is 2.48. The van der Waals surface area contributed by atoms with Gasteiger partial charge in [-0.3, -0.25) is 0 Å². The Labute approximate surface area is 176 Å². The van der Waals surface area contributed by atoms with Gasteiger partial charge in [0.15, 0.2) is 0 Å². The van der Waals surface area contributed by atoms with E-state index >= 15 is 0 Å². The number of hydrogen-bond donors (Lipinski definition) is 1. The molecule has 0 fully saturated rings. The SMILES string of the molecule is N#Cc1cccc(F)c1-c1c(Cl)c(F)cc2c1C[C@@](CN=[N+]=[N-])(c1ccccc1)N2. The molecule has 1 N–H and O–H groups in total. The summed E-state index contributed by atoms with van der Waals surface area (Å²) in [5.41, 5.74) is 9.96. The van der Waals surface area contributed by atoms with E-state index in [1.54, 1.807) is 0 Å². The zero-order chi connectivity index (χ0) is 21.3. The second-order valence-electron chi connectivity index (χ2n) is 6.99. The molecular weight excluding hydrogens is 408 g/mol. The Bertz CT molecular complexity index is 1230. The molecule has 0 spiro atoms. The molecular formula is C22H14ClF2N5. The van der Waals surface area contributed by atoms with Crippen molar-refractivity contribution in [1.29, 1.82) is 5.26 Å². The number of nitriles is 1. The third-order valence-corrected chi connectivity index (χ3v) is 5.66. The van der Waals surface area contributed by atoms with E-state index in [1.807, 2.05) is 36.4 Å². The minimum absolute atomic E-state index is 0.0449. The predicted molar refractivity (Wildman–Crippen MR) is 111 cm³/mol. The molecule has 0 amide bonds. The molecule has 0 bridgehead atoms. The Morgan fingerprint density at radius 2 is 1.90 bits per heavy atom. The van der Waals surface area contributed by atoms with Gasteiger partial charge in [0.1, 0.15) is 11.6 Å². The number of nitrogens with zero attached hydrogens (tertiary/aromatic N) is 4. The molecule has 0 radical (unpaired) electrons. The number of nitrogens with one attached hydrogen (secondary N) is 1.